The van der Waals surface area contributed by atoms with Crippen LogP contribution >= 0.6 is 22.9 Å². The monoisotopic (exact) mass is 388 g/mol. The van der Waals surface area contributed by atoms with E-state index in [1.807, 2.05) is 30.5 Å². The number of nitrogens with zero attached hydrogens (tertiary/aromatic N) is 3. The molecule has 0 amide bonds. The predicted molar refractivity (Wildman–Crippen MR) is 101 cm³/mol. The van der Waals surface area contributed by atoms with E-state index in [0.717, 1.165) is 21.8 Å². The lowest BCUT2D eigenvalue weighted by molar-refractivity contribution is 0.275. The first-order chi connectivity index (χ1) is 12.6. The molecule has 4 rings (SSSR count). The molecule has 0 aliphatic heterocycles. The number of aliphatic hydroxyl groups is 1. The van der Waals surface area contributed by atoms with Crippen molar-refractivity contribution < 1.29 is 9.50 Å². The summed E-state index contributed by atoms with van der Waals surface area (Å²) < 4.78 is 15.1. The molecule has 4 aromatic rings. The first-order valence-electron chi connectivity index (χ1n) is 7.86. The van der Waals surface area contributed by atoms with Crippen LogP contribution in [0.3, 0.4) is 0 Å². The van der Waals surface area contributed by atoms with Gasteiger partial charge in [0.1, 0.15) is 5.82 Å². The highest BCUT2D eigenvalue weighted by Crippen LogP contribution is 2.25. The van der Waals surface area contributed by atoms with Crippen LogP contribution in [-0.4, -0.2) is 19.7 Å². The lowest BCUT2D eigenvalue weighted by Gasteiger charge is -2.05. The summed E-state index contributed by atoms with van der Waals surface area (Å²) in [5.41, 5.74) is 2.96. The number of rotatable bonds is 5. The van der Waals surface area contributed by atoms with E-state index in [2.05, 4.69) is 15.4 Å². The van der Waals surface area contributed by atoms with Crippen LogP contribution in [0.5, 0.6) is 0 Å². The highest BCUT2D eigenvalue weighted by Gasteiger charge is 2.10. The SMILES string of the molecule is OCc1cc(CNc2nn3cc(-c4ccc(Cl)cc4)nc3s2)ccc1F. The summed E-state index contributed by atoms with van der Waals surface area (Å²) in [5.74, 6) is -0.404. The molecular formula is C18H14ClFN4OS. The number of aromatic nitrogens is 3. The molecule has 0 bridgehead atoms. The topological polar surface area (TPSA) is 62.5 Å². The summed E-state index contributed by atoms with van der Waals surface area (Å²) in [7, 11) is 0. The molecule has 0 atom stereocenters. The molecule has 0 saturated heterocycles. The number of anilines is 1. The van der Waals surface area contributed by atoms with Crippen molar-refractivity contribution in [1.82, 2.24) is 14.6 Å². The molecular weight excluding hydrogens is 375 g/mol. The zero-order valence-corrected chi connectivity index (χ0v) is 15.1. The highest BCUT2D eigenvalue weighted by atomic mass is 35.5. The molecule has 0 saturated carbocycles. The van der Waals surface area contributed by atoms with Gasteiger partial charge >= 0.3 is 0 Å². The van der Waals surface area contributed by atoms with Crippen LogP contribution in [0.1, 0.15) is 11.1 Å². The van der Waals surface area contributed by atoms with Gasteiger partial charge in [-0.3, -0.25) is 0 Å². The molecule has 2 N–H and O–H groups in total. The Bertz CT molecular complexity index is 1030. The largest absolute Gasteiger partial charge is 0.392 e. The van der Waals surface area contributed by atoms with E-state index in [9.17, 15) is 4.39 Å². The highest BCUT2D eigenvalue weighted by molar-refractivity contribution is 7.20. The number of hydrogen-bond acceptors (Lipinski definition) is 5. The molecule has 132 valence electrons. The lowest BCUT2D eigenvalue weighted by atomic mass is 10.1. The van der Waals surface area contributed by atoms with Crippen molar-refractivity contribution in [3.05, 3.63) is 70.6 Å². The Balaban J connectivity index is 1.50. The minimum atomic E-state index is -0.404. The van der Waals surface area contributed by atoms with Gasteiger partial charge in [-0.25, -0.2) is 13.9 Å². The van der Waals surface area contributed by atoms with Crippen molar-refractivity contribution in [2.75, 3.05) is 5.32 Å². The van der Waals surface area contributed by atoms with Gasteiger partial charge in [0.2, 0.25) is 10.1 Å². The van der Waals surface area contributed by atoms with Crippen LogP contribution in [0.25, 0.3) is 16.2 Å². The fourth-order valence-corrected chi connectivity index (χ4v) is 3.47. The standard InChI is InChI=1S/C18H14ClFN4OS/c19-14-4-2-12(3-5-14)16-9-24-18(22-16)26-17(23-24)21-8-11-1-6-15(20)13(7-11)10-25/h1-7,9,25H,8,10H2,(H,21,23). The second kappa shape index (κ2) is 7.03. The number of hydrogen-bond donors (Lipinski definition) is 2. The maximum Gasteiger partial charge on any atom is 0.214 e. The zero-order valence-electron chi connectivity index (χ0n) is 13.5. The molecule has 0 fully saturated rings. The summed E-state index contributed by atoms with van der Waals surface area (Å²) >= 11 is 7.34. The van der Waals surface area contributed by atoms with Gasteiger partial charge < -0.3 is 10.4 Å². The molecule has 0 aliphatic rings. The van der Waals surface area contributed by atoms with Gasteiger partial charge in [0.15, 0.2) is 0 Å². The first-order valence-corrected chi connectivity index (χ1v) is 9.06. The van der Waals surface area contributed by atoms with E-state index >= 15 is 0 Å². The van der Waals surface area contributed by atoms with Gasteiger partial charge in [-0.1, -0.05) is 41.1 Å². The van der Waals surface area contributed by atoms with Crippen LogP contribution in [0, 0.1) is 5.82 Å². The summed E-state index contributed by atoms with van der Waals surface area (Å²) in [6, 6.07) is 12.2. The second-order valence-corrected chi connectivity index (χ2v) is 7.10. The molecule has 26 heavy (non-hydrogen) atoms. The minimum Gasteiger partial charge on any atom is -0.392 e. The van der Waals surface area contributed by atoms with Crippen molar-refractivity contribution >= 4 is 33.0 Å². The van der Waals surface area contributed by atoms with Crippen LogP contribution in [0.2, 0.25) is 5.02 Å². The van der Waals surface area contributed by atoms with E-state index in [1.54, 1.807) is 16.6 Å². The average molecular weight is 389 g/mol. The van der Waals surface area contributed by atoms with Crippen LogP contribution in [0.15, 0.2) is 48.7 Å². The molecule has 0 radical (unpaired) electrons. The first kappa shape index (κ1) is 17.0. The van der Waals surface area contributed by atoms with E-state index in [0.29, 0.717) is 16.7 Å². The fraction of sp³-hybridized carbons (Fsp3) is 0.111. The van der Waals surface area contributed by atoms with Crippen molar-refractivity contribution in [1.29, 1.82) is 0 Å². The van der Waals surface area contributed by atoms with Gasteiger partial charge in [0, 0.05) is 22.7 Å². The van der Waals surface area contributed by atoms with Crippen LogP contribution < -0.4 is 5.32 Å². The minimum absolute atomic E-state index is 0.283. The molecule has 0 unspecified atom stereocenters. The number of aliphatic hydroxyl groups excluding tert-OH is 1. The maximum atomic E-state index is 13.4. The molecule has 0 aliphatic carbocycles. The van der Waals surface area contributed by atoms with Gasteiger partial charge in [-0.15, -0.1) is 5.10 Å². The van der Waals surface area contributed by atoms with Crippen LogP contribution in [-0.2, 0) is 13.2 Å². The normalized spacial score (nSPS) is 11.2. The third-order valence-electron chi connectivity index (χ3n) is 3.91. The van der Waals surface area contributed by atoms with Crippen molar-refractivity contribution in [3.8, 4) is 11.3 Å². The summed E-state index contributed by atoms with van der Waals surface area (Å²) in [5, 5.41) is 18.2. The van der Waals surface area contributed by atoms with Crippen LogP contribution in [0.4, 0.5) is 9.52 Å². The van der Waals surface area contributed by atoms with Crippen molar-refractivity contribution in [2.24, 2.45) is 0 Å². The quantitative estimate of drug-likeness (QED) is 0.533. The Morgan fingerprint density at radius 3 is 2.73 bits per heavy atom. The number of benzene rings is 2. The van der Waals surface area contributed by atoms with Gasteiger partial charge in [0.25, 0.3) is 0 Å². The van der Waals surface area contributed by atoms with E-state index in [4.69, 9.17) is 16.7 Å². The Morgan fingerprint density at radius 1 is 1.19 bits per heavy atom. The number of nitrogens with one attached hydrogen (secondary N) is 1. The smallest absolute Gasteiger partial charge is 0.214 e. The summed E-state index contributed by atoms with van der Waals surface area (Å²) in [6.07, 6.45) is 1.86. The third kappa shape index (κ3) is 3.41. The van der Waals surface area contributed by atoms with E-state index in [-0.39, 0.29) is 12.2 Å². The fourth-order valence-electron chi connectivity index (χ4n) is 2.57. The number of halogens is 2. The number of fused-ring (bicyclic) bond motifs is 1. The average Bonchev–Trinajstić information content (AvgIpc) is 3.20. The third-order valence-corrected chi connectivity index (χ3v) is 5.04. The molecule has 2 heterocycles. The Kier molecular flexibility index (Phi) is 4.58. The van der Waals surface area contributed by atoms with Gasteiger partial charge in [0.05, 0.1) is 18.5 Å². The van der Waals surface area contributed by atoms with Gasteiger partial charge in [-0.2, -0.15) is 0 Å². The molecule has 2 aromatic carbocycles. The van der Waals surface area contributed by atoms with Gasteiger partial charge in [-0.05, 0) is 29.8 Å². The molecule has 5 nitrogen and oxygen atoms in total. The Hall–Kier alpha value is -2.48. The molecule has 2 aromatic heterocycles. The lowest BCUT2D eigenvalue weighted by Crippen LogP contribution is -2.01. The predicted octanol–water partition coefficient (Wildman–Crippen LogP) is 4.35. The second-order valence-electron chi connectivity index (χ2n) is 5.70. The summed E-state index contributed by atoms with van der Waals surface area (Å²) in [6.45, 7) is 0.159. The van der Waals surface area contributed by atoms with Crippen molar-refractivity contribution in [3.63, 3.8) is 0 Å². The molecule has 0 spiro atoms. The number of imidazole rings is 1. The Morgan fingerprint density at radius 2 is 2.00 bits per heavy atom. The zero-order chi connectivity index (χ0) is 18.1. The van der Waals surface area contributed by atoms with E-state index < -0.39 is 5.82 Å². The van der Waals surface area contributed by atoms with E-state index in [1.165, 1.54) is 17.4 Å². The Labute approximate surface area is 157 Å². The summed E-state index contributed by atoms with van der Waals surface area (Å²) in [4.78, 5) is 5.35. The maximum absolute atomic E-state index is 13.4. The molecule has 8 heteroatoms. The van der Waals surface area contributed by atoms with Crippen molar-refractivity contribution in [2.45, 2.75) is 13.2 Å².